The average molecular weight is 474 g/mol. The first-order valence-corrected chi connectivity index (χ1v) is 11.8. The van der Waals surface area contributed by atoms with E-state index in [0.717, 1.165) is 19.6 Å². The van der Waals surface area contributed by atoms with Crippen LogP contribution in [0.3, 0.4) is 0 Å². The second-order valence-electron chi connectivity index (χ2n) is 7.79. The van der Waals surface area contributed by atoms with E-state index in [0.29, 0.717) is 67.8 Å². The lowest BCUT2D eigenvalue weighted by molar-refractivity contribution is -0.133. The summed E-state index contributed by atoms with van der Waals surface area (Å²) >= 11 is 6.11. The molecule has 2 amide bonds. The van der Waals surface area contributed by atoms with Crippen molar-refractivity contribution in [3.05, 3.63) is 59.1 Å². The van der Waals surface area contributed by atoms with Crippen LogP contribution in [-0.2, 0) is 4.79 Å². The fourth-order valence-corrected chi connectivity index (χ4v) is 3.89. The molecule has 1 heterocycles. The maximum atomic E-state index is 12.5. The highest BCUT2D eigenvalue weighted by molar-refractivity contribution is 6.32. The van der Waals surface area contributed by atoms with Gasteiger partial charge in [0.1, 0.15) is 18.1 Å². The van der Waals surface area contributed by atoms with Crippen molar-refractivity contribution < 1.29 is 19.1 Å². The van der Waals surface area contributed by atoms with Crippen molar-refractivity contribution in [2.24, 2.45) is 0 Å². The van der Waals surface area contributed by atoms with Crippen molar-refractivity contribution in [2.75, 3.05) is 52.5 Å². The molecule has 7 nitrogen and oxygen atoms in total. The minimum atomic E-state index is -0.181. The third-order valence-electron chi connectivity index (χ3n) is 5.51. The van der Waals surface area contributed by atoms with E-state index in [1.54, 1.807) is 12.1 Å². The number of carbonyl (C=O) groups excluding carboxylic acids is 2. The highest BCUT2D eigenvalue weighted by Crippen LogP contribution is 2.23. The Morgan fingerprint density at radius 2 is 1.67 bits per heavy atom. The van der Waals surface area contributed by atoms with Crippen LogP contribution in [0.1, 0.15) is 30.1 Å². The third-order valence-corrected chi connectivity index (χ3v) is 5.82. The summed E-state index contributed by atoms with van der Waals surface area (Å²) in [6.45, 7) is 7.25. The Bertz CT molecular complexity index is 916. The summed E-state index contributed by atoms with van der Waals surface area (Å²) < 4.78 is 11.3. The molecule has 8 heteroatoms. The normalized spacial score (nSPS) is 14.1. The Labute approximate surface area is 200 Å². The van der Waals surface area contributed by atoms with E-state index in [1.807, 2.05) is 48.2 Å². The number of nitrogens with zero attached hydrogens (tertiary/aromatic N) is 2. The molecule has 2 aromatic carbocycles. The molecule has 1 aliphatic heterocycles. The van der Waals surface area contributed by atoms with Crippen LogP contribution in [0.2, 0.25) is 5.02 Å². The fraction of sp³-hybridized carbons (Fsp3) is 0.440. The highest BCUT2D eigenvalue weighted by atomic mass is 35.5. The number of amides is 2. The van der Waals surface area contributed by atoms with Gasteiger partial charge in [-0.05, 0) is 37.6 Å². The van der Waals surface area contributed by atoms with Crippen molar-refractivity contribution in [1.82, 2.24) is 15.1 Å². The van der Waals surface area contributed by atoms with Gasteiger partial charge in [-0.15, -0.1) is 0 Å². The monoisotopic (exact) mass is 473 g/mol. The number of halogens is 1. The van der Waals surface area contributed by atoms with Gasteiger partial charge in [-0.3, -0.25) is 14.5 Å². The molecular formula is C25H32ClN3O4. The van der Waals surface area contributed by atoms with E-state index in [9.17, 15) is 9.59 Å². The minimum Gasteiger partial charge on any atom is -0.493 e. The summed E-state index contributed by atoms with van der Waals surface area (Å²) in [5.74, 6) is 1.22. The van der Waals surface area contributed by atoms with Crippen LogP contribution in [0.4, 0.5) is 0 Å². The molecule has 0 aliphatic carbocycles. The van der Waals surface area contributed by atoms with Gasteiger partial charge in [-0.2, -0.15) is 0 Å². The summed E-state index contributed by atoms with van der Waals surface area (Å²) in [7, 11) is 0. The van der Waals surface area contributed by atoms with E-state index in [1.165, 1.54) is 0 Å². The van der Waals surface area contributed by atoms with Crippen LogP contribution in [0.5, 0.6) is 11.5 Å². The molecule has 0 atom stereocenters. The van der Waals surface area contributed by atoms with Crippen molar-refractivity contribution >= 4 is 23.4 Å². The van der Waals surface area contributed by atoms with Gasteiger partial charge < -0.3 is 19.7 Å². The predicted molar refractivity (Wildman–Crippen MR) is 129 cm³/mol. The van der Waals surface area contributed by atoms with Crippen LogP contribution < -0.4 is 14.8 Å². The zero-order valence-electron chi connectivity index (χ0n) is 19.1. The van der Waals surface area contributed by atoms with Crippen molar-refractivity contribution in [3.63, 3.8) is 0 Å². The number of benzene rings is 2. The number of para-hydroxylation sites is 2. The minimum absolute atomic E-state index is 0.130. The molecule has 1 saturated heterocycles. The van der Waals surface area contributed by atoms with Crippen molar-refractivity contribution in [3.8, 4) is 11.5 Å². The Morgan fingerprint density at radius 3 is 2.39 bits per heavy atom. The van der Waals surface area contributed by atoms with Gasteiger partial charge in [-0.25, -0.2) is 0 Å². The molecule has 33 heavy (non-hydrogen) atoms. The Morgan fingerprint density at radius 1 is 0.970 bits per heavy atom. The first-order chi connectivity index (χ1) is 16.1. The molecule has 1 N–H and O–H groups in total. The molecular weight excluding hydrogens is 442 g/mol. The maximum absolute atomic E-state index is 12.5. The lowest BCUT2D eigenvalue weighted by Gasteiger charge is -2.34. The van der Waals surface area contributed by atoms with Crippen molar-refractivity contribution in [2.45, 2.75) is 19.8 Å². The Balaban J connectivity index is 1.30. The largest absolute Gasteiger partial charge is 0.493 e. The van der Waals surface area contributed by atoms with Crippen LogP contribution in [0.25, 0.3) is 0 Å². The maximum Gasteiger partial charge on any atom is 0.255 e. The fourth-order valence-electron chi connectivity index (χ4n) is 3.70. The molecule has 0 aromatic heterocycles. The number of piperazine rings is 1. The zero-order valence-corrected chi connectivity index (χ0v) is 19.9. The first-order valence-electron chi connectivity index (χ1n) is 11.5. The molecule has 0 bridgehead atoms. The molecule has 178 valence electrons. The zero-order chi connectivity index (χ0) is 23.5. The lowest BCUT2D eigenvalue weighted by atomic mass is 10.2. The van der Waals surface area contributed by atoms with Gasteiger partial charge in [0.2, 0.25) is 5.91 Å². The van der Waals surface area contributed by atoms with Gasteiger partial charge in [0, 0.05) is 45.7 Å². The third kappa shape index (κ3) is 7.65. The Kier molecular flexibility index (Phi) is 9.84. The van der Waals surface area contributed by atoms with Crippen LogP contribution >= 0.6 is 11.6 Å². The highest BCUT2D eigenvalue weighted by Gasteiger charge is 2.21. The molecule has 2 aromatic rings. The molecule has 0 radical (unpaired) electrons. The standard InChI is InChI=1S/C25H32ClN3O4/c1-2-32-22-10-5-3-8-20(22)25(31)27-13-7-12-24(30)29-16-14-28(15-17-29)18-19-33-23-11-6-4-9-21(23)26/h3-6,8-11H,2,7,12-19H2,1H3,(H,27,31). The second-order valence-corrected chi connectivity index (χ2v) is 8.20. The van der Waals surface area contributed by atoms with Gasteiger partial charge >= 0.3 is 0 Å². The number of ether oxygens (including phenoxy) is 2. The lowest BCUT2D eigenvalue weighted by Crippen LogP contribution is -2.49. The first kappa shape index (κ1) is 24.9. The quantitative estimate of drug-likeness (QED) is 0.506. The summed E-state index contributed by atoms with van der Waals surface area (Å²) in [5.41, 5.74) is 0.514. The van der Waals surface area contributed by atoms with E-state index in [2.05, 4.69) is 10.2 Å². The summed E-state index contributed by atoms with van der Waals surface area (Å²) in [4.78, 5) is 29.1. The van der Waals surface area contributed by atoms with E-state index in [-0.39, 0.29) is 11.8 Å². The number of rotatable bonds is 11. The topological polar surface area (TPSA) is 71.1 Å². The molecule has 1 fully saturated rings. The predicted octanol–water partition coefficient (Wildman–Crippen LogP) is 3.47. The molecule has 0 unspecified atom stereocenters. The van der Waals surface area contributed by atoms with Crippen LogP contribution in [-0.4, -0.2) is 74.1 Å². The Hall–Kier alpha value is -2.77. The number of carbonyl (C=O) groups is 2. The summed E-state index contributed by atoms with van der Waals surface area (Å²) in [6, 6.07) is 14.6. The summed E-state index contributed by atoms with van der Waals surface area (Å²) in [6.07, 6.45) is 1.02. The number of hydrogen-bond acceptors (Lipinski definition) is 5. The van der Waals surface area contributed by atoms with E-state index >= 15 is 0 Å². The van der Waals surface area contributed by atoms with Gasteiger partial charge in [-0.1, -0.05) is 35.9 Å². The van der Waals surface area contributed by atoms with Crippen molar-refractivity contribution in [1.29, 1.82) is 0 Å². The SMILES string of the molecule is CCOc1ccccc1C(=O)NCCCC(=O)N1CCN(CCOc2ccccc2Cl)CC1. The molecule has 0 spiro atoms. The second kappa shape index (κ2) is 13.1. The van der Waals surface area contributed by atoms with Gasteiger partial charge in [0.05, 0.1) is 17.2 Å². The number of hydrogen-bond donors (Lipinski definition) is 1. The number of nitrogens with one attached hydrogen (secondary N) is 1. The van der Waals surface area contributed by atoms with E-state index in [4.69, 9.17) is 21.1 Å². The van der Waals surface area contributed by atoms with Crippen LogP contribution in [0.15, 0.2) is 48.5 Å². The smallest absolute Gasteiger partial charge is 0.255 e. The van der Waals surface area contributed by atoms with Crippen LogP contribution in [0, 0.1) is 0 Å². The average Bonchev–Trinajstić information content (AvgIpc) is 2.84. The van der Waals surface area contributed by atoms with E-state index < -0.39 is 0 Å². The molecule has 1 aliphatic rings. The molecule has 3 rings (SSSR count). The molecule has 0 saturated carbocycles. The van der Waals surface area contributed by atoms with Gasteiger partial charge in [0.25, 0.3) is 5.91 Å². The van der Waals surface area contributed by atoms with Gasteiger partial charge in [0.15, 0.2) is 0 Å². The summed E-state index contributed by atoms with van der Waals surface area (Å²) in [5, 5.41) is 3.50.